The summed E-state index contributed by atoms with van der Waals surface area (Å²) >= 11 is 0. The maximum Gasteiger partial charge on any atom is 0.161 e. The predicted octanol–water partition coefficient (Wildman–Crippen LogP) is 4.23. The lowest BCUT2D eigenvalue weighted by Crippen LogP contribution is -2.07. The summed E-state index contributed by atoms with van der Waals surface area (Å²) in [6.07, 6.45) is 0. The van der Waals surface area contributed by atoms with Gasteiger partial charge in [-0.05, 0) is 38.8 Å². The predicted molar refractivity (Wildman–Crippen MR) is 85.3 cm³/mol. The van der Waals surface area contributed by atoms with E-state index in [9.17, 15) is 0 Å². The van der Waals surface area contributed by atoms with Crippen molar-refractivity contribution in [3.05, 3.63) is 40.6 Å². The quantitative estimate of drug-likeness (QED) is 0.906. The van der Waals surface area contributed by atoms with Crippen molar-refractivity contribution in [1.29, 1.82) is 0 Å². The van der Waals surface area contributed by atoms with Crippen LogP contribution in [0.5, 0.6) is 0 Å². The second-order valence-corrected chi connectivity index (χ2v) is 5.68. The largest absolute Gasteiger partial charge is 0.373 e. The van der Waals surface area contributed by atoms with Crippen molar-refractivity contribution in [1.82, 2.24) is 9.97 Å². The minimum Gasteiger partial charge on any atom is -0.373 e. The molecule has 0 bridgehead atoms. The highest BCUT2D eigenvalue weighted by Gasteiger charge is 2.14. The maximum atomic E-state index is 4.70. The number of benzene rings is 1. The van der Waals surface area contributed by atoms with Crippen molar-refractivity contribution in [3.8, 4) is 11.4 Å². The van der Waals surface area contributed by atoms with Crippen molar-refractivity contribution in [2.75, 3.05) is 12.4 Å². The Hall–Kier alpha value is -1.90. The maximum absolute atomic E-state index is 4.70. The summed E-state index contributed by atoms with van der Waals surface area (Å²) in [5.41, 5.74) is 5.80. The first-order valence-electron chi connectivity index (χ1n) is 7.07. The summed E-state index contributed by atoms with van der Waals surface area (Å²) in [4.78, 5) is 9.41. The van der Waals surface area contributed by atoms with Crippen LogP contribution in [0.15, 0.2) is 18.2 Å². The lowest BCUT2D eigenvalue weighted by Gasteiger charge is -2.16. The van der Waals surface area contributed by atoms with E-state index in [4.69, 9.17) is 9.97 Å². The Labute approximate surface area is 121 Å². The topological polar surface area (TPSA) is 37.8 Å². The molecule has 0 unspecified atom stereocenters. The molecule has 0 aliphatic carbocycles. The lowest BCUT2D eigenvalue weighted by molar-refractivity contribution is 0.833. The monoisotopic (exact) mass is 269 g/mol. The van der Waals surface area contributed by atoms with Crippen molar-refractivity contribution >= 4 is 5.82 Å². The van der Waals surface area contributed by atoms with Gasteiger partial charge in [0.15, 0.2) is 5.82 Å². The molecule has 0 spiro atoms. The summed E-state index contributed by atoms with van der Waals surface area (Å²) in [7, 11) is 1.92. The molecule has 0 radical (unpaired) electrons. The molecule has 1 aromatic carbocycles. The molecular formula is C17H23N3. The number of aryl methyl sites for hydroxylation is 3. The molecule has 0 aliphatic rings. The van der Waals surface area contributed by atoms with Crippen LogP contribution in [0.2, 0.25) is 0 Å². The van der Waals surface area contributed by atoms with Gasteiger partial charge in [0.25, 0.3) is 0 Å². The van der Waals surface area contributed by atoms with Crippen molar-refractivity contribution in [3.63, 3.8) is 0 Å². The lowest BCUT2D eigenvalue weighted by atomic mass is 10.0. The summed E-state index contributed by atoms with van der Waals surface area (Å²) < 4.78 is 0. The van der Waals surface area contributed by atoms with Gasteiger partial charge >= 0.3 is 0 Å². The van der Waals surface area contributed by atoms with Crippen LogP contribution in [0.3, 0.4) is 0 Å². The highest BCUT2D eigenvalue weighted by atomic mass is 15.0. The number of hydrogen-bond acceptors (Lipinski definition) is 3. The van der Waals surface area contributed by atoms with E-state index in [1.54, 1.807) is 0 Å². The van der Waals surface area contributed by atoms with Gasteiger partial charge in [-0.3, -0.25) is 0 Å². The summed E-state index contributed by atoms with van der Waals surface area (Å²) in [6, 6.07) is 6.43. The zero-order valence-corrected chi connectivity index (χ0v) is 13.2. The molecule has 2 aromatic rings. The van der Waals surface area contributed by atoms with E-state index in [1.807, 2.05) is 7.05 Å². The van der Waals surface area contributed by atoms with Gasteiger partial charge in [0, 0.05) is 23.9 Å². The average molecular weight is 269 g/mol. The number of hydrogen-bond donors (Lipinski definition) is 1. The molecule has 106 valence electrons. The minimum absolute atomic E-state index is 0.408. The van der Waals surface area contributed by atoms with Gasteiger partial charge < -0.3 is 5.32 Å². The fourth-order valence-electron chi connectivity index (χ4n) is 2.70. The second-order valence-electron chi connectivity index (χ2n) is 5.68. The third-order valence-corrected chi connectivity index (χ3v) is 3.43. The van der Waals surface area contributed by atoms with Gasteiger partial charge in [0.05, 0.1) is 0 Å². The van der Waals surface area contributed by atoms with E-state index in [1.165, 1.54) is 16.7 Å². The summed E-state index contributed by atoms with van der Waals surface area (Å²) in [6.45, 7) is 10.6. The number of nitrogens with one attached hydrogen (secondary N) is 1. The van der Waals surface area contributed by atoms with Gasteiger partial charge in [0.2, 0.25) is 0 Å². The van der Waals surface area contributed by atoms with Gasteiger partial charge in [-0.2, -0.15) is 0 Å². The number of rotatable bonds is 3. The van der Waals surface area contributed by atoms with Crippen LogP contribution in [-0.4, -0.2) is 17.0 Å². The molecule has 0 saturated heterocycles. The second kappa shape index (κ2) is 5.61. The van der Waals surface area contributed by atoms with Gasteiger partial charge in [-0.25, -0.2) is 9.97 Å². The molecular weight excluding hydrogens is 246 g/mol. The number of nitrogens with zero attached hydrogens (tertiary/aromatic N) is 2. The van der Waals surface area contributed by atoms with E-state index in [-0.39, 0.29) is 0 Å². The third-order valence-electron chi connectivity index (χ3n) is 3.43. The molecule has 20 heavy (non-hydrogen) atoms. The van der Waals surface area contributed by atoms with Crippen LogP contribution in [0.1, 0.15) is 42.1 Å². The van der Waals surface area contributed by atoms with Crippen LogP contribution in [0.4, 0.5) is 5.82 Å². The molecule has 3 nitrogen and oxygen atoms in total. The van der Waals surface area contributed by atoms with Gasteiger partial charge in [-0.1, -0.05) is 31.0 Å². The Balaban J connectivity index is 2.61. The minimum atomic E-state index is 0.408. The molecule has 0 saturated carbocycles. The van der Waals surface area contributed by atoms with E-state index in [0.29, 0.717) is 5.92 Å². The first kappa shape index (κ1) is 14.5. The average Bonchev–Trinajstić information content (AvgIpc) is 2.35. The fraction of sp³-hybridized carbons (Fsp3) is 0.412. The Morgan fingerprint density at radius 1 is 0.950 bits per heavy atom. The standard InChI is InChI=1S/C17H23N3/c1-10(2)15-13(5)19-16(20-17(15)18-6)14-8-11(3)7-12(4)9-14/h7-10H,1-6H3,(H,18,19,20). The zero-order chi connectivity index (χ0) is 14.9. The van der Waals surface area contributed by atoms with E-state index in [2.05, 4.69) is 58.1 Å². The molecule has 1 aromatic heterocycles. The van der Waals surface area contributed by atoms with Crippen LogP contribution < -0.4 is 5.32 Å². The highest BCUT2D eigenvalue weighted by molar-refractivity contribution is 5.62. The van der Waals surface area contributed by atoms with E-state index < -0.39 is 0 Å². The van der Waals surface area contributed by atoms with Crippen molar-refractivity contribution in [2.45, 2.75) is 40.5 Å². The molecule has 3 heteroatoms. The molecule has 0 aliphatic heterocycles. The van der Waals surface area contributed by atoms with Crippen LogP contribution in [0, 0.1) is 20.8 Å². The smallest absolute Gasteiger partial charge is 0.161 e. The summed E-state index contributed by atoms with van der Waals surface area (Å²) in [5, 5.41) is 3.21. The normalized spacial score (nSPS) is 10.9. The Bertz CT molecular complexity index is 610. The van der Waals surface area contributed by atoms with E-state index in [0.717, 1.165) is 22.9 Å². The molecule has 0 atom stereocenters. The van der Waals surface area contributed by atoms with E-state index >= 15 is 0 Å². The highest BCUT2D eigenvalue weighted by Crippen LogP contribution is 2.28. The van der Waals surface area contributed by atoms with Crippen LogP contribution >= 0.6 is 0 Å². The Morgan fingerprint density at radius 3 is 2.05 bits per heavy atom. The summed E-state index contributed by atoms with van der Waals surface area (Å²) in [5.74, 6) is 2.13. The Kier molecular flexibility index (Phi) is 4.07. The SMILES string of the molecule is CNc1nc(-c2cc(C)cc(C)c2)nc(C)c1C(C)C. The third kappa shape index (κ3) is 2.82. The first-order chi connectivity index (χ1) is 9.42. The molecule has 2 rings (SSSR count). The molecule has 1 heterocycles. The van der Waals surface area contributed by atoms with Crippen LogP contribution in [0.25, 0.3) is 11.4 Å². The molecule has 0 fully saturated rings. The Morgan fingerprint density at radius 2 is 1.55 bits per heavy atom. The van der Waals surface area contributed by atoms with Gasteiger partial charge in [0.1, 0.15) is 5.82 Å². The van der Waals surface area contributed by atoms with Crippen molar-refractivity contribution < 1.29 is 0 Å². The molecule has 1 N–H and O–H groups in total. The zero-order valence-electron chi connectivity index (χ0n) is 13.2. The van der Waals surface area contributed by atoms with Crippen LogP contribution in [-0.2, 0) is 0 Å². The number of anilines is 1. The molecule has 0 amide bonds. The van der Waals surface area contributed by atoms with Crippen molar-refractivity contribution in [2.24, 2.45) is 0 Å². The van der Waals surface area contributed by atoms with Gasteiger partial charge in [-0.15, -0.1) is 0 Å². The first-order valence-corrected chi connectivity index (χ1v) is 7.07. The fourth-order valence-corrected chi connectivity index (χ4v) is 2.70. The number of aromatic nitrogens is 2.